The zero-order valence-corrected chi connectivity index (χ0v) is 44.6. The molecule has 0 saturated carbocycles. The molecule has 0 spiro atoms. The number of hydrogen-bond donors (Lipinski definition) is 0. The number of isothiocyanates is 1. The molecular formula is C53H35F3N8O4RuS5. The van der Waals surface area contributed by atoms with E-state index < -0.39 is 11.9 Å². The fourth-order valence-electron chi connectivity index (χ4n) is 7.94. The van der Waals surface area contributed by atoms with Gasteiger partial charge in [-0.3, -0.25) is 24.5 Å². The van der Waals surface area contributed by atoms with Crippen LogP contribution in [0.2, 0.25) is 0 Å². The summed E-state index contributed by atoms with van der Waals surface area (Å²) in [7, 11) is 0. The number of nitrogens with zero attached hydrogens (tertiary/aromatic N) is 8. The molecule has 1 aromatic carbocycles. The summed E-state index contributed by atoms with van der Waals surface area (Å²) < 4.78 is 48.6. The predicted octanol–water partition coefficient (Wildman–Crippen LogP) is 14.7. The minimum Gasteiger partial charge on any atom is -0.753 e. The Morgan fingerprint density at radius 3 is 2.04 bits per heavy atom. The van der Waals surface area contributed by atoms with E-state index in [9.17, 15) is 22.8 Å². The van der Waals surface area contributed by atoms with Crippen LogP contribution in [0.15, 0.2) is 145 Å². The SMILES string of the molecule is CC1(C)c2ccsc2-c2sc(-c3ccc(-c4ccnc(-c5cc(OC=O)cc(-c6cc(OC=O)ccn6)n5)c4)s3)cc21.Cc1ccc(N(c2ccnc(-c3cc(C(F)(F)F)n[n-]3)c2)c2cccs2)cc1.[N-]=C=S.[Ru+2]. The molecule has 0 aliphatic heterocycles. The third-order valence-corrected chi connectivity index (χ3v) is 15.8. The van der Waals surface area contributed by atoms with E-state index in [1.165, 1.54) is 42.0 Å². The van der Waals surface area contributed by atoms with E-state index in [0.717, 1.165) is 38.4 Å². The van der Waals surface area contributed by atoms with E-state index in [1.807, 2.05) is 94.5 Å². The Bertz CT molecular complexity index is 3620. The Morgan fingerprint density at radius 2 is 1.35 bits per heavy atom. The number of alkyl halides is 3. The van der Waals surface area contributed by atoms with Gasteiger partial charge in [-0.1, -0.05) is 49.5 Å². The molecule has 21 heteroatoms. The summed E-state index contributed by atoms with van der Waals surface area (Å²) in [5.41, 5.74) is 8.10. The van der Waals surface area contributed by atoms with E-state index in [0.29, 0.717) is 52.9 Å². The van der Waals surface area contributed by atoms with Crippen LogP contribution in [0.3, 0.4) is 0 Å². The molecular weight excluding hydrogens is 1130 g/mol. The molecule has 0 amide bonds. The quantitative estimate of drug-likeness (QED) is 0.0494. The van der Waals surface area contributed by atoms with Crippen molar-refractivity contribution in [3.8, 4) is 75.6 Å². The van der Waals surface area contributed by atoms with E-state index in [-0.39, 0.29) is 30.6 Å². The second-order valence-electron chi connectivity index (χ2n) is 16.3. The first-order chi connectivity index (χ1) is 35.3. The smallest absolute Gasteiger partial charge is 0.753 e. The molecule has 0 radical (unpaired) electrons. The summed E-state index contributed by atoms with van der Waals surface area (Å²) in [6.45, 7) is 7.33. The van der Waals surface area contributed by atoms with Crippen LogP contribution < -0.4 is 19.5 Å². The molecule has 370 valence electrons. The number of halogens is 3. The van der Waals surface area contributed by atoms with Crippen LogP contribution in [0.25, 0.3) is 69.5 Å². The Balaban J connectivity index is 0.000000198. The van der Waals surface area contributed by atoms with Crippen molar-refractivity contribution in [3.63, 3.8) is 0 Å². The van der Waals surface area contributed by atoms with Crippen LogP contribution in [-0.2, 0) is 40.7 Å². The van der Waals surface area contributed by atoms with Crippen LogP contribution in [0.1, 0.15) is 36.2 Å². The number of benzene rings is 1. The molecule has 9 heterocycles. The molecule has 0 atom stereocenters. The Kier molecular flexibility index (Phi) is 16.4. The maximum absolute atomic E-state index is 12.8. The van der Waals surface area contributed by atoms with Gasteiger partial charge in [0.05, 0.1) is 39.2 Å². The van der Waals surface area contributed by atoms with Gasteiger partial charge in [-0.15, -0.1) is 45.3 Å². The van der Waals surface area contributed by atoms with E-state index in [2.05, 4.69) is 80.9 Å². The van der Waals surface area contributed by atoms with Crippen molar-refractivity contribution >= 4 is 92.0 Å². The van der Waals surface area contributed by atoms with Gasteiger partial charge in [-0.05, 0) is 119 Å². The fraction of sp³-hybridized carbons (Fsp3) is 0.0943. The first-order valence-electron chi connectivity index (χ1n) is 21.7. The molecule has 0 unspecified atom stereocenters. The van der Waals surface area contributed by atoms with Gasteiger partial charge in [0.25, 0.3) is 12.9 Å². The number of aryl methyl sites for hydroxylation is 1. The monoisotopic (exact) mass is 1170 g/mol. The standard InChI is InChI=1S/C32H21N3O4S3.C20H14F3N4S.CNS.Ru/c1-32(2)21-7-10-40-30(21)31-22(32)15-29(42-31)28-4-3-27(41-28)18-5-8-33-23(11-18)25-13-20(39-17-37)14-26(35-25)24-12-19(38-16-36)6-9-34-24;1-13-4-6-14(7-5-13)27(19-3-2-10-28-19)15-8-9-24-16(11-15)17-12-18(26-25-17)20(21,22)23;2-1-3;/h3-17H,1-2H3;2-12H,1H3;;/q;2*-1;+2. The second kappa shape index (κ2) is 22.9. The van der Waals surface area contributed by atoms with Crippen molar-refractivity contribution in [1.82, 2.24) is 30.1 Å². The average molecular weight is 1170 g/mol. The van der Waals surface area contributed by atoms with Gasteiger partial charge < -0.3 is 30.0 Å². The summed E-state index contributed by atoms with van der Waals surface area (Å²) in [6.07, 6.45) is 0.282. The van der Waals surface area contributed by atoms with E-state index in [1.54, 1.807) is 65.4 Å². The summed E-state index contributed by atoms with van der Waals surface area (Å²) in [6, 6.07) is 35.7. The molecule has 0 N–H and O–H groups in total. The van der Waals surface area contributed by atoms with E-state index >= 15 is 0 Å². The Morgan fingerprint density at radius 1 is 0.689 bits per heavy atom. The van der Waals surface area contributed by atoms with Gasteiger partial charge in [0, 0.05) is 72.3 Å². The molecule has 0 saturated heterocycles. The number of carbonyl (C=O) groups is 2. The number of fused-ring (bicyclic) bond motifs is 3. The van der Waals surface area contributed by atoms with Gasteiger partial charge in [0.15, 0.2) is 0 Å². The zero-order chi connectivity index (χ0) is 51.3. The first kappa shape index (κ1) is 53.1. The number of ether oxygens (including phenoxy) is 2. The van der Waals surface area contributed by atoms with Gasteiger partial charge in [0.1, 0.15) is 17.2 Å². The molecule has 0 bridgehead atoms. The number of pyridine rings is 4. The molecule has 74 heavy (non-hydrogen) atoms. The summed E-state index contributed by atoms with van der Waals surface area (Å²) in [5.74, 6) is 0.616. The van der Waals surface area contributed by atoms with E-state index in [4.69, 9.17) is 19.9 Å². The van der Waals surface area contributed by atoms with Crippen molar-refractivity contribution < 1.29 is 51.7 Å². The Hall–Kier alpha value is -7.22. The fourth-order valence-corrected chi connectivity index (χ4v) is 12.3. The third-order valence-electron chi connectivity index (χ3n) is 11.4. The molecule has 1 aliphatic carbocycles. The number of hydrogen-bond acceptors (Lipinski definition) is 15. The average Bonchev–Trinajstić information content (AvgIpc) is 4.26. The normalized spacial score (nSPS) is 11.8. The summed E-state index contributed by atoms with van der Waals surface area (Å²) in [4.78, 5) is 48.2. The predicted molar refractivity (Wildman–Crippen MR) is 285 cm³/mol. The number of rotatable bonds is 12. The van der Waals surface area contributed by atoms with Crippen LogP contribution in [0.4, 0.5) is 29.5 Å². The van der Waals surface area contributed by atoms with Crippen LogP contribution >= 0.6 is 57.6 Å². The van der Waals surface area contributed by atoms with Crippen molar-refractivity contribution in [1.29, 1.82) is 0 Å². The summed E-state index contributed by atoms with van der Waals surface area (Å²) >= 11 is 10.7. The molecule has 0 fully saturated rings. The minimum atomic E-state index is -4.53. The minimum absolute atomic E-state index is 0. The van der Waals surface area contributed by atoms with Crippen molar-refractivity contribution in [3.05, 3.63) is 172 Å². The second-order valence-corrected chi connectivity index (χ2v) is 20.5. The number of thiophene rings is 4. The maximum Gasteiger partial charge on any atom is 2.00 e. The number of thiocarbonyl (C=S) groups is 1. The van der Waals surface area contributed by atoms with Crippen molar-refractivity contribution in [2.45, 2.75) is 32.4 Å². The molecule has 12 nitrogen and oxygen atoms in total. The van der Waals surface area contributed by atoms with Gasteiger partial charge in [-0.25, -0.2) is 4.98 Å². The zero-order valence-electron chi connectivity index (χ0n) is 38.8. The largest absolute Gasteiger partial charge is 2.00 e. The first-order valence-corrected chi connectivity index (χ1v) is 25.5. The number of aromatic nitrogens is 6. The molecule has 11 rings (SSSR count). The maximum atomic E-state index is 12.8. The topological polar surface area (TPSA) is 157 Å². The van der Waals surface area contributed by atoms with Gasteiger partial charge >= 0.3 is 25.7 Å². The van der Waals surface area contributed by atoms with Gasteiger partial charge in [-0.2, -0.15) is 18.3 Å². The van der Waals surface area contributed by atoms with Gasteiger partial charge in [0.2, 0.25) is 0 Å². The summed E-state index contributed by atoms with van der Waals surface area (Å²) in [5, 5.41) is 20.5. The van der Waals surface area contributed by atoms with Crippen molar-refractivity contribution in [2.75, 3.05) is 4.90 Å². The van der Waals surface area contributed by atoms with Crippen LogP contribution in [0.5, 0.6) is 11.5 Å². The van der Waals surface area contributed by atoms with Crippen LogP contribution in [-0.4, -0.2) is 43.1 Å². The van der Waals surface area contributed by atoms with Crippen LogP contribution in [0, 0.1) is 6.92 Å². The third kappa shape index (κ3) is 11.4. The number of anilines is 3. The molecule has 9 aromatic heterocycles. The molecule has 10 aromatic rings. The number of carbonyl (C=O) groups excluding carboxylic acids is 2. The van der Waals surface area contributed by atoms with Crippen molar-refractivity contribution in [2.24, 2.45) is 0 Å². The molecule has 1 aliphatic rings. The Labute approximate surface area is 455 Å².